The molecular weight excluding hydrogens is 368 g/mol. The first-order valence-corrected chi connectivity index (χ1v) is 9.18. The number of hydrogen-bond donors (Lipinski definition) is 2. The Hall–Kier alpha value is -2.35. The summed E-state index contributed by atoms with van der Waals surface area (Å²) in [7, 11) is 1.57. The molecule has 0 bridgehead atoms. The summed E-state index contributed by atoms with van der Waals surface area (Å²) in [6.07, 6.45) is 1.60. The third kappa shape index (κ3) is 5.56. The Kier molecular flexibility index (Phi) is 6.86. The summed E-state index contributed by atoms with van der Waals surface area (Å²) in [5.74, 6) is 0.414. The molecule has 1 aliphatic rings. The number of morpholine rings is 1. The van der Waals surface area contributed by atoms with Crippen molar-refractivity contribution in [3.05, 3.63) is 47.2 Å². The molecule has 1 aromatic carbocycles. The number of rotatable bonds is 7. The van der Waals surface area contributed by atoms with E-state index in [2.05, 4.69) is 20.5 Å². The third-order valence-corrected chi connectivity index (χ3v) is 4.55. The van der Waals surface area contributed by atoms with Gasteiger partial charge in [-0.2, -0.15) is 0 Å². The zero-order valence-electron chi connectivity index (χ0n) is 15.2. The van der Waals surface area contributed by atoms with Crippen LogP contribution in [0.5, 0.6) is 5.75 Å². The molecule has 3 rings (SSSR count). The molecule has 2 N–H and O–H groups in total. The summed E-state index contributed by atoms with van der Waals surface area (Å²) >= 11 is 6.15. The number of pyridine rings is 1. The molecule has 1 saturated heterocycles. The number of halogens is 1. The summed E-state index contributed by atoms with van der Waals surface area (Å²) in [4.78, 5) is 18.8. The standard InChI is InChI=1S/C19H23ClN4O3/c1-26-18-3-2-14(12-16(18)20)23-15-4-5-21-17(13-15)19(25)22-6-7-24-8-10-27-11-9-24/h2-5,12-13H,6-11H2,1H3,(H,21,23)(H,22,25). The number of ether oxygens (including phenoxy) is 2. The number of carbonyl (C=O) groups is 1. The Morgan fingerprint density at radius 2 is 2.04 bits per heavy atom. The lowest BCUT2D eigenvalue weighted by Crippen LogP contribution is -2.41. The van der Waals surface area contributed by atoms with Crippen molar-refractivity contribution in [3.63, 3.8) is 0 Å². The molecule has 0 radical (unpaired) electrons. The molecule has 0 unspecified atom stereocenters. The highest BCUT2D eigenvalue weighted by atomic mass is 35.5. The minimum Gasteiger partial charge on any atom is -0.495 e. The first kappa shape index (κ1) is 19.4. The fourth-order valence-corrected chi connectivity index (χ4v) is 3.04. The van der Waals surface area contributed by atoms with Gasteiger partial charge in [-0.15, -0.1) is 0 Å². The van der Waals surface area contributed by atoms with Crippen LogP contribution in [-0.2, 0) is 4.74 Å². The number of aromatic nitrogens is 1. The van der Waals surface area contributed by atoms with Crippen molar-refractivity contribution in [2.45, 2.75) is 0 Å². The van der Waals surface area contributed by atoms with Crippen molar-refractivity contribution in [1.29, 1.82) is 0 Å². The molecule has 2 heterocycles. The molecule has 1 fully saturated rings. The molecule has 1 aromatic heterocycles. The number of anilines is 2. The second kappa shape index (κ2) is 9.55. The van der Waals surface area contributed by atoms with Crippen LogP contribution in [0.15, 0.2) is 36.5 Å². The van der Waals surface area contributed by atoms with Crippen molar-refractivity contribution >= 4 is 28.9 Å². The van der Waals surface area contributed by atoms with Gasteiger partial charge in [0.2, 0.25) is 0 Å². The summed E-state index contributed by atoms with van der Waals surface area (Å²) in [6, 6.07) is 8.91. The van der Waals surface area contributed by atoms with E-state index in [0.717, 1.165) is 44.2 Å². The van der Waals surface area contributed by atoms with Gasteiger partial charge in [0.1, 0.15) is 11.4 Å². The quantitative estimate of drug-likeness (QED) is 0.756. The van der Waals surface area contributed by atoms with Gasteiger partial charge >= 0.3 is 0 Å². The highest BCUT2D eigenvalue weighted by molar-refractivity contribution is 6.32. The van der Waals surface area contributed by atoms with E-state index < -0.39 is 0 Å². The summed E-state index contributed by atoms with van der Waals surface area (Å²) < 4.78 is 10.5. The second-order valence-electron chi connectivity index (χ2n) is 6.11. The Balaban J connectivity index is 1.56. The Labute approximate surface area is 163 Å². The fourth-order valence-electron chi connectivity index (χ4n) is 2.79. The molecule has 8 heteroatoms. The van der Waals surface area contributed by atoms with Gasteiger partial charge < -0.3 is 20.1 Å². The maximum absolute atomic E-state index is 12.3. The van der Waals surface area contributed by atoms with E-state index in [9.17, 15) is 4.79 Å². The van der Waals surface area contributed by atoms with Crippen molar-refractivity contribution < 1.29 is 14.3 Å². The van der Waals surface area contributed by atoms with Crippen LogP contribution in [0.3, 0.4) is 0 Å². The van der Waals surface area contributed by atoms with Crippen LogP contribution in [0.1, 0.15) is 10.5 Å². The lowest BCUT2D eigenvalue weighted by molar-refractivity contribution is 0.0383. The molecule has 7 nitrogen and oxygen atoms in total. The number of hydrogen-bond acceptors (Lipinski definition) is 6. The molecule has 1 amide bonds. The molecule has 27 heavy (non-hydrogen) atoms. The SMILES string of the molecule is COc1ccc(Nc2ccnc(C(=O)NCCN3CCOCC3)c2)cc1Cl. The highest BCUT2D eigenvalue weighted by Crippen LogP contribution is 2.28. The van der Waals surface area contributed by atoms with E-state index in [1.807, 2.05) is 6.07 Å². The minimum atomic E-state index is -0.195. The van der Waals surface area contributed by atoms with Crippen LogP contribution in [0.2, 0.25) is 5.02 Å². The largest absolute Gasteiger partial charge is 0.495 e. The molecule has 0 saturated carbocycles. The predicted molar refractivity (Wildman–Crippen MR) is 105 cm³/mol. The minimum absolute atomic E-state index is 0.195. The summed E-state index contributed by atoms with van der Waals surface area (Å²) in [5, 5.41) is 6.64. The normalized spacial score (nSPS) is 14.6. The molecule has 1 aliphatic heterocycles. The average Bonchev–Trinajstić information content (AvgIpc) is 2.69. The number of benzene rings is 1. The number of amides is 1. The zero-order chi connectivity index (χ0) is 19.1. The number of carbonyl (C=O) groups excluding carboxylic acids is 1. The van der Waals surface area contributed by atoms with Gasteiger partial charge in [0, 0.05) is 43.8 Å². The third-order valence-electron chi connectivity index (χ3n) is 4.25. The topological polar surface area (TPSA) is 75.7 Å². The molecule has 2 aromatic rings. The summed E-state index contributed by atoms with van der Waals surface area (Å²) in [6.45, 7) is 4.68. The van der Waals surface area contributed by atoms with Crippen LogP contribution in [-0.4, -0.2) is 62.3 Å². The molecule has 144 valence electrons. The first-order chi connectivity index (χ1) is 13.2. The van der Waals surface area contributed by atoms with Gasteiger partial charge in [0.05, 0.1) is 25.3 Å². The molecular formula is C19H23ClN4O3. The van der Waals surface area contributed by atoms with E-state index in [4.69, 9.17) is 21.1 Å². The van der Waals surface area contributed by atoms with E-state index >= 15 is 0 Å². The zero-order valence-corrected chi connectivity index (χ0v) is 16.0. The maximum Gasteiger partial charge on any atom is 0.269 e. The molecule has 0 aliphatic carbocycles. The fraction of sp³-hybridized carbons (Fsp3) is 0.368. The van der Waals surface area contributed by atoms with Crippen molar-refractivity contribution in [2.24, 2.45) is 0 Å². The highest BCUT2D eigenvalue weighted by Gasteiger charge is 2.12. The van der Waals surface area contributed by atoms with Crippen molar-refractivity contribution in [1.82, 2.24) is 15.2 Å². The monoisotopic (exact) mass is 390 g/mol. The molecule has 0 spiro atoms. The first-order valence-electron chi connectivity index (χ1n) is 8.80. The molecule has 0 atom stereocenters. The van der Waals surface area contributed by atoms with Gasteiger partial charge in [0.15, 0.2) is 0 Å². The Morgan fingerprint density at radius 3 is 2.78 bits per heavy atom. The Morgan fingerprint density at radius 1 is 1.26 bits per heavy atom. The maximum atomic E-state index is 12.3. The average molecular weight is 391 g/mol. The van der Waals surface area contributed by atoms with Gasteiger partial charge in [-0.3, -0.25) is 14.7 Å². The predicted octanol–water partition coefficient (Wildman–Crippen LogP) is 2.55. The van der Waals surface area contributed by atoms with Crippen molar-refractivity contribution in [2.75, 3.05) is 51.8 Å². The van der Waals surface area contributed by atoms with Crippen LogP contribution >= 0.6 is 11.6 Å². The smallest absolute Gasteiger partial charge is 0.269 e. The van der Waals surface area contributed by atoms with E-state index in [1.54, 1.807) is 37.6 Å². The van der Waals surface area contributed by atoms with Gasteiger partial charge in [0.25, 0.3) is 5.91 Å². The van der Waals surface area contributed by atoms with Crippen LogP contribution < -0.4 is 15.4 Å². The summed E-state index contributed by atoms with van der Waals surface area (Å²) in [5.41, 5.74) is 1.91. The second-order valence-corrected chi connectivity index (χ2v) is 6.52. The van der Waals surface area contributed by atoms with E-state index in [0.29, 0.717) is 23.0 Å². The van der Waals surface area contributed by atoms with Crippen molar-refractivity contribution in [3.8, 4) is 5.75 Å². The Bertz CT molecular complexity index is 781. The van der Waals surface area contributed by atoms with Crippen LogP contribution in [0.25, 0.3) is 0 Å². The van der Waals surface area contributed by atoms with Crippen LogP contribution in [0.4, 0.5) is 11.4 Å². The van der Waals surface area contributed by atoms with Gasteiger partial charge in [-0.1, -0.05) is 11.6 Å². The number of nitrogens with one attached hydrogen (secondary N) is 2. The van der Waals surface area contributed by atoms with Gasteiger partial charge in [-0.25, -0.2) is 0 Å². The number of methoxy groups -OCH3 is 1. The van der Waals surface area contributed by atoms with Gasteiger partial charge in [-0.05, 0) is 30.3 Å². The number of nitrogens with zero attached hydrogens (tertiary/aromatic N) is 2. The lowest BCUT2D eigenvalue weighted by Gasteiger charge is -2.26. The lowest BCUT2D eigenvalue weighted by atomic mass is 10.2. The van der Waals surface area contributed by atoms with Crippen LogP contribution in [0, 0.1) is 0 Å². The van der Waals surface area contributed by atoms with E-state index in [1.165, 1.54) is 0 Å². The van der Waals surface area contributed by atoms with E-state index in [-0.39, 0.29) is 5.91 Å².